The van der Waals surface area contributed by atoms with Crippen molar-refractivity contribution >= 4 is 23.1 Å². The van der Waals surface area contributed by atoms with Gasteiger partial charge in [0, 0.05) is 10.6 Å². The summed E-state index contributed by atoms with van der Waals surface area (Å²) in [5.74, 6) is -0.705. The lowest BCUT2D eigenvalue weighted by atomic mass is 10.1. The van der Waals surface area contributed by atoms with Gasteiger partial charge >= 0.3 is 6.03 Å². The molecule has 2 aromatic carbocycles. The largest absolute Gasteiger partial charge is 0.326 e. The lowest BCUT2D eigenvalue weighted by Crippen LogP contribution is -2.32. The molecule has 0 aliphatic carbocycles. The van der Waals surface area contributed by atoms with Gasteiger partial charge in [-0.3, -0.25) is 0 Å². The second-order valence-corrected chi connectivity index (χ2v) is 6.08. The first-order valence-corrected chi connectivity index (χ1v) is 8.12. The van der Waals surface area contributed by atoms with Crippen LogP contribution in [0.3, 0.4) is 0 Å². The standard InChI is InChI=1S/C18H14F2N2OS/c19-13-5-3-12(4-6-13)17(16-2-1-11-24-16)22-18(23)21-15-9-7-14(20)8-10-15/h1-11,17H,(H2,21,22,23)/t17-/m1/s1. The van der Waals surface area contributed by atoms with Crippen LogP contribution in [0.1, 0.15) is 16.5 Å². The van der Waals surface area contributed by atoms with Crippen molar-refractivity contribution in [2.24, 2.45) is 0 Å². The number of thiophene rings is 1. The first-order chi connectivity index (χ1) is 11.6. The van der Waals surface area contributed by atoms with E-state index in [0.717, 1.165) is 10.4 Å². The Balaban J connectivity index is 1.77. The first kappa shape index (κ1) is 16.1. The summed E-state index contributed by atoms with van der Waals surface area (Å²) in [6.45, 7) is 0. The zero-order valence-corrected chi connectivity index (χ0v) is 13.3. The van der Waals surface area contributed by atoms with Gasteiger partial charge in [0.1, 0.15) is 11.6 Å². The molecule has 24 heavy (non-hydrogen) atoms. The molecule has 0 radical (unpaired) electrons. The Morgan fingerprint density at radius 2 is 1.54 bits per heavy atom. The van der Waals surface area contributed by atoms with Crippen LogP contribution in [0.15, 0.2) is 66.0 Å². The lowest BCUT2D eigenvalue weighted by molar-refractivity contribution is 0.250. The number of urea groups is 1. The number of amides is 2. The van der Waals surface area contributed by atoms with Gasteiger partial charge < -0.3 is 10.6 Å². The van der Waals surface area contributed by atoms with E-state index < -0.39 is 12.1 Å². The van der Waals surface area contributed by atoms with Crippen molar-refractivity contribution in [3.8, 4) is 0 Å². The van der Waals surface area contributed by atoms with Gasteiger partial charge in [0.2, 0.25) is 0 Å². The van der Waals surface area contributed by atoms with Crippen molar-refractivity contribution in [3.05, 3.63) is 88.1 Å². The fraction of sp³-hybridized carbons (Fsp3) is 0.0556. The molecule has 0 saturated heterocycles. The minimum absolute atomic E-state index is 0.334. The van der Waals surface area contributed by atoms with Crippen LogP contribution in [0, 0.1) is 11.6 Å². The summed E-state index contributed by atoms with van der Waals surface area (Å²) in [6.07, 6.45) is 0. The van der Waals surface area contributed by atoms with Gasteiger partial charge in [-0.05, 0) is 53.4 Å². The highest BCUT2D eigenvalue weighted by Gasteiger charge is 2.18. The van der Waals surface area contributed by atoms with Crippen molar-refractivity contribution in [1.82, 2.24) is 5.32 Å². The molecule has 1 heterocycles. The third-order valence-electron chi connectivity index (χ3n) is 3.41. The molecule has 0 aliphatic rings. The molecular weight excluding hydrogens is 330 g/mol. The highest BCUT2D eigenvalue weighted by atomic mass is 32.1. The number of hydrogen-bond donors (Lipinski definition) is 2. The highest BCUT2D eigenvalue weighted by Crippen LogP contribution is 2.26. The molecule has 1 atom stereocenters. The number of halogens is 2. The lowest BCUT2D eigenvalue weighted by Gasteiger charge is -2.18. The van der Waals surface area contributed by atoms with Crippen molar-refractivity contribution in [2.75, 3.05) is 5.32 Å². The summed E-state index contributed by atoms with van der Waals surface area (Å²) in [6, 6.07) is 14.4. The number of rotatable bonds is 4. The van der Waals surface area contributed by atoms with Crippen LogP contribution in [-0.2, 0) is 0 Å². The Kier molecular flexibility index (Phi) is 4.86. The van der Waals surface area contributed by atoms with Crippen LogP contribution >= 0.6 is 11.3 Å². The topological polar surface area (TPSA) is 41.1 Å². The van der Waals surface area contributed by atoms with Gasteiger partial charge in [-0.25, -0.2) is 13.6 Å². The SMILES string of the molecule is O=C(Nc1ccc(F)cc1)N[C@H](c1ccc(F)cc1)c1cccs1. The fourth-order valence-corrected chi connectivity index (χ4v) is 3.06. The summed E-state index contributed by atoms with van der Waals surface area (Å²) in [5, 5.41) is 7.43. The van der Waals surface area contributed by atoms with Gasteiger partial charge in [-0.15, -0.1) is 11.3 Å². The molecule has 3 nitrogen and oxygen atoms in total. The Bertz CT molecular complexity index is 802. The molecule has 0 unspecified atom stereocenters. The third-order valence-corrected chi connectivity index (χ3v) is 4.35. The summed E-state index contributed by atoms with van der Waals surface area (Å²) in [4.78, 5) is 13.2. The molecule has 1 aromatic heterocycles. The maximum absolute atomic E-state index is 13.1. The van der Waals surface area contributed by atoms with Crippen LogP contribution in [0.4, 0.5) is 19.3 Å². The van der Waals surface area contributed by atoms with Gasteiger partial charge in [0.05, 0.1) is 6.04 Å². The molecule has 0 aliphatic heterocycles. The number of nitrogens with one attached hydrogen (secondary N) is 2. The Labute approximate surface area is 142 Å². The molecular formula is C18H14F2N2OS. The number of benzene rings is 2. The monoisotopic (exact) mass is 344 g/mol. The highest BCUT2D eigenvalue weighted by molar-refractivity contribution is 7.10. The van der Waals surface area contributed by atoms with E-state index in [-0.39, 0.29) is 11.6 Å². The summed E-state index contributed by atoms with van der Waals surface area (Å²) < 4.78 is 26.1. The molecule has 0 bridgehead atoms. The quantitative estimate of drug-likeness (QED) is 0.692. The maximum atomic E-state index is 13.1. The number of carbonyl (C=O) groups excluding carboxylic acids is 1. The Morgan fingerprint density at radius 1 is 0.917 bits per heavy atom. The van der Waals surface area contributed by atoms with Crippen LogP contribution in [0.25, 0.3) is 0 Å². The van der Waals surface area contributed by atoms with Crippen LogP contribution in [-0.4, -0.2) is 6.03 Å². The van der Waals surface area contributed by atoms with Crippen LogP contribution in [0.5, 0.6) is 0 Å². The number of carbonyl (C=O) groups is 1. The van der Waals surface area contributed by atoms with Crippen molar-refractivity contribution in [3.63, 3.8) is 0 Å². The molecule has 0 spiro atoms. The van der Waals surface area contributed by atoms with E-state index in [4.69, 9.17) is 0 Å². The van der Waals surface area contributed by atoms with E-state index in [1.54, 1.807) is 12.1 Å². The summed E-state index contributed by atoms with van der Waals surface area (Å²) >= 11 is 1.49. The van der Waals surface area contributed by atoms with Gasteiger partial charge in [-0.2, -0.15) is 0 Å². The molecule has 2 amide bonds. The molecule has 0 fully saturated rings. The van der Waals surface area contributed by atoms with E-state index >= 15 is 0 Å². The molecule has 3 aromatic rings. The van der Waals surface area contributed by atoms with E-state index in [0.29, 0.717) is 5.69 Å². The average Bonchev–Trinajstić information content (AvgIpc) is 3.10. The predicted octanol–water partition coefficient (Wildman–Crippen LogP) is 4.94. The minimum atomic E-state index is -0.427. The molecule has 3 rings (SSSR count). The van der Waals surface area contributed by atoms with Gasteiger partial charge in [0.25, 0.3) is 0 Å². The Hall–Kier alpha value is -2.73. The maximum Gasteiger partial charge on any atom is 0.320 e. The van der Waals surface area contributed by atoms with E-state index in [9.17, 15) is 13.6 Å². The van der Waals surface area contributed by atoms with Crippen molar-refractivity contribution in [2.45, 2.75) is 6.04 Å². The number of anilines is 1. The molecule has 6 heteroatoms. The van der Waals surface area contributed by atoms with Crippen LogP contribution in [0.2, 0.25) is 0 Å². The fourth-order valence-electron chi connectivity index (χ4n) is 2.26. The zero-order valence-electron chi connectivity index (χ0n) is 12.5. The van der Waals surface area contributed by atoms with Crippen molar-refractivity contribution in [1.29, 1.82) is 0 Å². The summed E-state index contributed by atoms with van der Waals surface area (Å²) in [5.41, 5.74) is 1.26. The molecule has 0 saturated carbocycles. The average molecular weight is 344 g/mol. The Morgan fingerprint density at radius 3 is 2.12 bits per heavy atom. The number of hydrogen-bond acceptors (Lipinski definition) is 2. The second-order valence-electron chi connectivity index (χ2n) is 5.11. The first-order valence-electron chi connectivity index (χ1n) is 7.24. The minimum Gasteiger partial charge on any atom is -0.326 e. The smallest absolute Gasteiger partial charge is 0.320 e. The van der Waals surface area contributed by atoms with E-state index in [2.05, 4.69) is 10.6 Å². The molecule has 122 valence electrons. The summed E-state index contributed by atoms with van der Waals surface area (Å²) in [7, 11) is 0. The van der Waals surface area contributed by atoms with Gasteiger partial charge in [-0.1, -0.05) is 18.2 Å². The predicted molar refractivity (Wildman–Crippen MR) is 91.1 cm³/mol. The third kappa shape index (κ3) is 3.97. The van der Waals surface area contributed by atoms with Crippen molar-refractivity contribution < 1.29 is 13.6 Å². The van der Waals surface area contributed by atoms with Gasteiger partial charge in [0.15, 0.2) is 0 Å². The normalized spacial score (nSPS) is 11.8. The second kappa shape index (κ2) is 7.23. The molecule has 2 N–H and O–H groups in total. The van der Waals surface area contributed by atoms with E-state index in [1.807, 2.05) is 17.5 Å². The zero-order chi connectivity index (χ0) is 16.9. The van der Waals surface area contributed by atoms with E-state index in [1.165, 1.54) is 47.7 Å². The van der Waals surface area contributed by atoms with Crippen LogP contribution < -0.4 is 10.6 Å².